The van der Waals surface area contributed by atoms with Gasteiger partial charge in [-0.15, -0.1) is 0 Å². The van der Waals surface area contributed by atoms with Gasteiger partial charge >= 0.3 is 11.9 Å². The predicted octanol–water partition coefficient (Wildman–Crippen LogP) is 4.12. The van der Waals surface area contributed by atoms with E-state index in [1.165, 1.54) is 13.8 Å². The van der Waals surface area contributed by atoms with Crippen LogP contribution in [0.3, 0.4) is 0 Å². The molecule has 0 heterocycles. The van der Waals surface area contributed by atoms with Crippen LogP contribution in [0.25, 0.3) is 0 Å². The van der Waals surface area contributed by atoms with Gasteiger partial charge in [-0.3, -0.25) is 0 Å². The Hall–Kier alpha value is 0.0900. The zero-order valence-corrected chi connectivity index (χ0v) is 17.2. The molecule has 1 atom stereocenters. The smallest absolute Gasteiger partial charge is 0.342 e. The highest BCUT2D eigenvalue weighted by atomic mass is 127. The molecule has 7 heteroatoms. The molecule has 4 nitrogen and oxygen atoms in total. The van der Waals surface area contributed by atoms with E-state index in [1.54, 1.807) is 6.07 Å². The number of benzene rings is 1. The maximum atomic E-state index is 12.0. The van der Waals surface area contributed by atoms with Crippen LogP contribution in [0.5, 0.6) is 0 Å². The van der Waals surface area contributed by atoms with Gasteiger partial charge < -0.3 is 9.47 Å². The molecular formula is C13H11I3O4. The fourth-order valence-corrected chi connectivity index (χ4v) is 3.30. The number of ether oxygens (including phenoxy) is 2. The third-order valence-electron chi connectivity index (χ3n) is 2.15. The van der Waals surface area contributed by atoms with E-state index in [2.05, 4.69) is 74.4 Å². The summed E-state index contributed by atoms with van der Waals surface area (Å²) in [6, 6.07) is 3.53. The molecule has 1 unspecified atom stereocenters. The minimum Gasteiger partial charge on any atom is -0.422 e. The molecule has 108 valence electrons. The Morgan fingerprint density at radius 3 is 2.30 bits per heavy atom. The Morgan fingerprint density at radius 1 is 1.15 bits per heavy atom. The van der Waals surface area contributed by atoms with Gasteiger partial charge in [-0.1, -0.05) is 6.58 Å². The summed E-state index contributed by atoms with van der Waals surface area (Å²) in [5.41, 5.74) is 0.708. The van der Waals surface area contributed by atoms with Gasteiger partial charge in [0.1, 0.15) is 0 Å². The van der Waals surface area contributed by atoms with Crippen molar-refractivity contribution >= 4 is 79.7 Å². The van der Waals surface area contributed by atoms with Crippen LogP contribution in [0, 0.1) is 10.7 Å². The van der Waals surface area contributed by atoms with Gasteiger partial charge in [-0.05, 0) is 86.8 Å². The Bertz CT molecular complexity index is 569. The van der Waals surface area contributed by atoms with Crippen molar-refractivity contribution in [1.29, 1.82) is 0 Å². The largest absolute Gasteiger partial charge is 0.422 e. The molecule has 0 radical (unpaired) electrons. The Morgan fingerprint density at radius 2 is 1.75 bits per heavy atom. The first kappa shape index (κ1) is 18.1. The Balaban J connectivity index is 2.80. The standard InChI is InChI=1S/C13H11I3O4/c1-6(2)12(17)19-7(3)20-13(18)8-4-5-9(14)11(16)10(8)15/h4-5,7H,1H2,2-3H3. The molecule has 1 aromatic rings. The van der Waals surface area contributed by atoms with Crippen LogP contribution in [0.4, 0.5) is 0 Å². The molecule has 20 heavy (non-hydrogen) atoms. The minimum atomic E-state index is -0.959. The molecule has 1 aromatic carbocycles. The first-order valence-electron chi connectivity index (χ1n) is 5.45. The van der Waals surface area contributed by atoms with Gasteiger partial charge in [0.2, 0.25) is 6.29 Å². The highest BCUT2D eigenvalue weighted by molar-refractivity contribution is 14.1. The number of esters is 2. The molecule has 0 aliphatic heterocycles. The molecule has 0 aromatic heterocycles. The second-order valence-corrected chi connectivity index (χ2v) is 7.20. The monoisotopic (exact) mass is 612 g/mol. The zero-order valence-electron chi connectivity index (χ0n) is 10.7. The number of rotatable bonds is 4. The Kier molecular flexibility index (Phi) is 7.18. The van der Waals surface area contributed by atoms with Gasteiger partial charge in [-0.2, -0.15) is 0 Å². The summed E-state index contributed by atoms with van der Waals surface area (Å²) in [6.07, 6.45) is -0.959. The number of hydrogen-bond donors (Lipinski definition) is 0. The van der Waals surface area contributed by atoms with Crippen LogP contribution < -0.4 is 0 Å². The van der Waals surface area contributed by atoms with Crippen molar-refractivity contribution in [3.8, 4) is 0 Å². The highest BCUT2D eigenvalue weighted by Crippen LogP contribution is 2.25. The molecule has 0 saturated carbocycles. The topological polar surface area (TPSA) is 52.6 Å². The second kappa shape index (κ2) is 7.92. The summed E-state index contributed by atoms with van der Waals surface area (Å²) in [6.45, 7) is 6.48. The summed E-state index contributed by atoms with van der Waals surface area (Å²) in [5, 5.41) is 0. The van der Waals surface area contributed by atoms with Crippen LogP contribution in [0.2, 0.25) is 0 Å². The summed E-state index contributed by atoms with van der Waals surface area (Å²) >= 11 is 6.46. The average Bonchev–Trinajstić information content (AvgIpc) is 2.35. The van der Waals surface area contributed by atoms with Gasteiger partial charge in [0, 0.05) is 23.2 Å². The Labute approximate surface area is 158 Å². The van der Waals surface area contributed by atoms with E-state index in [0.717, 1.165) is 10.7 Å². The van der Waals surface area contributed by atoms with Gasteiger partial charge in [0.05, 0.1) is 5.56 Å². The van der Waals surface area contributed by atoms with E-state index in [9.17, 15) is 9.59 Å². The van der Waals surface area contributed by atoms with Crippen molar-refractivity contribution in [1.82, 2.24) is 0 Å². The van der Waals surface area contributed by atoms with E-state index >= 15 is 0 Å². The van der Waals surface area contributed by atoms with Gasteiger partial charge in [0.25, 0.3) is 0 Å². The molecule has 0 aliphatic rings. The van der Waals surface area contributed by atoms with Gasteiger partial charge in [0.15, 0.2) is 0 Å². The molecule has 0 N–H and O–H groups in total. The SMILES string of the molecule is C=C(C)C(=O)OC(C)OC(=O)c1ccc(I)c(I)c1I. The quantitative estimate of drug-likeness (QED) is 0.169. The van der Waals surface area contributed by atoms with Crippen LogP contribution in [0.15, 0.2) is 24.3 Å². The maximum absolute atomic E-state index is 12.0. The molecule has 0 bridgehead atoms. The van der Waals surface area contributed by atoms with Gasteiger partial charge in [-0.25, -0.2) is 9.59 Å². The zero-order chi connectivity index (χ0) is 15.4. The molecule has 0 amide bonds. The molecule has 1 rings (SSSR count). The van der Waals surface area contributed by atoms with Crippen molar-refractivity contribution in [2.45, 2.75) is 20.1 Å². The van der Waals surface area contributed by atoms with Crippen molar-refractivity contribution < 1.29 is 19.1 Å². The fourth-order valence-electron chi connectivity index (χ4n) is 1.17. The van der Waals surface area contributed by atoms with Crippen LogP contribution >= 0.6 is 67.8 Å². The van der Waals surface area contributed by atoms with Crippen molar-refractivity contribution in [3.05, 3.63) is 40.6 Å². The number of carbonyl (C=O) groups is 2. The van der Waals surface area contributed by atoms with E-state index in [0.29, 0.717) is 5.56 Å². The minimum absolute atomic E-state index is 0.256. The van der Waals surface area contributed by atoms with Crippen molar-refractivity contribution in [3.63, 3.8) is 0 Å². The lowest BCUT2D eigenvalue weighted by Gasteiger charge is -2.15. The van der Waals surface area contributed by atoms with E-state index in [-0.39, 0.29) is 5.57 Å². The number of hydrogen-bond acceptors (Lipinski definition) is 4. The highest BCUT2D eigenvalue weighted by Gasteiger charge is 2.19. The second-order valence-electron chi connectivity index (χ2n) is 3.88. The molecule has 0 saturated heterocycles. The normalized spacial score (nSPS) is 11.7. The van der Waals surface area contributed by atoms with Crippen LogP contribution in [0.1, 0.15) is 24.2 Å². The van der Waals surface area contributed by atoms with E-state index in [4.69, 9.17) is 9.47 Å². The molecular weight excluding hydrogens is 601 g/mol. The molecule has 0 aliphatic carbocycles. The summed E-state index contributed by atoms with van der Waals surface area (Å²) in [5.74, 6) is -1.11. The summed E-state index contributed by atoms with van der Waals surface area (Å²) < 4.78 is 12.9. The predicted molar refractivity (Wildman–Crippen MR) is 100 cm³/mol. The summed E-state index contributed by atoms with van der Waals surface area (Å²) in [7, 11) is 0. The third kappa shape index (κ3) is 4.83. The first-order chi connectivity index (χ1) is 9.23. The molecule has 0 spiro atoms. The fraction of sp³-hybridized carbons (Fsp3) is 0.231. The van der Waals surface area contributed by atoms with Crippen LogP contribution in [-0.2, 0) is 14.3 Å². The number of carbonyl (C=O) groups excluding carboxylic acids is 2. The lowest BCUT2D eigenvalue weighted by molar-refractivity contribution is -0.160. The summed E-state index contributed by atoms with van der Waals surface area (Å²) in [4.78, 5) is 23.4. The lowest BCUT2D eigenvalue weighted by Crippen LogP contribution is -2.22. The first-order valence-corrected chi connectivity index (χ1v) is 8.68. The lowest BCUT2D eigenvalue weighted by atomic mass is 10.2. The average molecular weight is 612 g/mol. The maximum Gasteiger partial charge on any atom is 0.342 e. The van der Waals surface area contributed by atoms with E-state index < -0.39 is 18.2 Å². The number of halogens is 3. The van der Waals surface area contributed by atoms with E-state index in [1.807, 2.05) is 6.07 Å². The van der Waals surface area contributed by atoms with Crippen molar-refractivity contribution in [2.24, 2.45) is 0 Å². The third-order valence-corrected chi connectivity index (χ3v) is 7.35. The molecule has 0 fully saturated rings. The van der Waals surface area contributed by atoms with Crippen molar-refractivity contribution in [2.75, 3.05) is 0 Å². The van der Waals surface area contributed by atoms with Crippen LogP contribution in [-0.4, -0.2) is 18.2 Å².